The predicted octanol–water partition coefficient (Wildman–Crippen LogP) is 1.96. The van der Waals surface area contributed by atoms with Gasteiger partial charge in [-0.25, -0.2) is 14.8 Å². The summed E-state index contributed by atoms with van der Waals surface area (Å²) in [4.78, 5) is 10.8. The van der Waals surface area contributed by atoms with E-state index in [-0.39, 0.29) is 13.2 Å². The summed E-state index contributed by atoms with van der Waals surface area (Å²) in [7, 11) is -0.547. The maximum Gasteiger partial charge on any atom is 0.330 e. The first kappa shape index (κ1) is 18.5. The van der Waals surface area contributed by atoms with Crippen molar-refractivity contribution in [3.8, 4) is 0 Å². The van der Waals surface area contributed by atoms with Gasteiger partial charge < -0.3 is 14.6 Å². The summed E-state index contributed by atoms with van der Waals surface area (Å²) < 4.78 is 10.1. The molecule has 0 aliphatic rings. The quantitative estimate of drug-likeness (QED) is 0.380. The van der Waals surface area contributed by atoms with Crippen LogP contribution in [0.3, 0.4) is 0 Å². The van der Waals surface area contributed by atoms with Gasteiger partial charge in [0, 0.05) is 12.7 Å². The average Bonchev–Trinajstić information content (AvgIpc) is 2.35. The molecule has 0 saturated carbocycles. The number of rotatable bonds is 10. The van der Waals surface area contributed by atoms with Crippen LogP contribution in [0.4, 0.5) is 0 Å². The number of aliphatic hydroxyl groups excluding tert-OH is 1. The van der Waals surface area contributed by atoms with E-state index >= 15 is 0 Å². The molecule has 0 aromatic rings. The third-order valence-corrected chi connectivity index (χ3v) is 7.02. The van der Waals surface area contributed by atoms with Crippen molar-refractivity contribution in [2.24, 2.45) is 0 Å². The summed E-state index contributed by atoms with van der Waals surface area (Å²) in [6.07, 6.45) is 5.97. The molecule has 0 aliphatic carbocycles. The Hall–Kier alpha value is -0.520. The lowest BCUT2D eigenvalue weighted by atomic mass is 10.4. The highest BCUT2D eigenvalue weighted by Gasteiger charge is 2.15. The van der Waals surface area contributed by atoms with E-state index in [1.807, 2.05) is 0 Å². The van der Waals surface area contributed by atoms with Crippen LogP contribution in [-0.4, -0.2) is 60.5 Å². The fourth-order valence-corrected chi connectivity index (χ4v) is 2.61. The molecule has 0 heterocycles. The third-order valence-electron chi connectivity index (χ3n) is 3.13. The van der Waals surface area contributed by atoms with Gasteiger partial charge in [0.15, 0.2) is 0 Å². The van der Waals surface area contributed by atoms with Crippen molar-refractivity contribution in [1.29, 1.82) is 0 Å². The molecule has 1 N–H and O–H groups in total. The molecule has 0 aliphatic heterocycles. The molecule has 0 aromatic carbocycles. The first-order valence-corrected chi connectivity index (χ1v) is 9.22. The molecule has 0 saturated heterocycles. The van der Waals surface area contributed by atoms with Gasteiger partial charge >= 0.3 is 5.97 Å². The van der Waals surface area contributed by atoms with E-state index in [1.165, 1.54) is 5.75 Å². The zero-order valence-corrected chi connectivity index (χ0v) is 13.4. The third kappa shape index (κ3) is 9.08. The topological polar surface area (TPSA) is 55.8 Å². The fraction of sp³-hybridized carbons (Fsp3) is 0.786. The summed E-state index contributed by atoms with van der Waals surface area (Å²) >= 11 is 0. The highest BCUT2D eigenvalue weighted by Crippen LogP contribution is 2.45. The number of carbonyl (C=O) groups excluding carboxylic acids is 1. The second-order valence-electron chi connectivity index (χ2n) is 5.29. The van der Waals surface area contributed by atoms with Crippen LogP contribution in [0.25, 0.3) is 0 Å². The SMILES string of the molecule is C=CC(=O)OCC(O)COCCCS(C)(C)C(C)C. The van der Waals surface area contributed by atoms with Gasteiger partial charge in [-0.15, -0.1) is 0 Å². The summed E-state index contributed by atoms with van der Waals surface area (Å²) in [6, 6.07) is 0. The molecule has 0 spiro atoms. The zero-order chi connectivity index (χ0) is 14.9. The van der Waals surface area contributed by atoms with E-state index in [0.717, 1.165) is 17.7 Å². The van der Waals surface area contributed by atoms with Gasteiger partial charge in [0.25, 0.3) is 0 Å². The van der Waals surface area contributed by atoms with Crippen molar-refractivity contribution in [2.45, 2.75) is 31.6 Å². The standard InChI is InChI=1S/C14H28O4S/c1-6-14(16)18-11-13(15)10-17-8-7-9-19(4,5)12(2)3/h6,12-13,15H,1,7-11H2,2-5H3. The Morgan fingerprint density at radius 1 is 1.37 bits per heavy atom. The maximum atomic E-state index is 10.8. The molecule has 1 unspecified atom stereocenters. The number of hydrogen-bond donors (Lipinski definition) is 1. The number of ether oxygens (including phenoxy) is 2. The predicted molar refractivity (Wildman–Crippen MR) is 82.0 cm³/mol. The van der Waals surface area contributed by atoms with Crippen molar-refractivity contribution in [2.75, 3.05) is 38.1 Å². The minimum absolute atomic E-state index is 0.0480. The molecule has 0 aromatic heterocycles. The summed E-state index contributed by atoms with van der Waals surface area (Å²) in [6.45, 7) is 8.58. The first-order valence-electron chi connectivity index (χ1n) is 6.54. The second-order valence-corrected chi connectivity index (χ2v) is 9.89. The Labute approximate surface area is 118 Å². The van der Waals surface area contributed by atoms with Gasteiger partial charge in [-0.1, -0.05) is 20.4 Å². The monoisotopic (exact) mass is 292 g/mol. The average molecular weight is 292 g/mol. The van der Waals surface area contributed by atoms with Crippen LogP contribution >= 0.6 is 10.0 Å². The van der Waals surface area contributed by atoms with Crippen LogP contribution in [0.15, 0.2) is 12.7 Å². The molecule has 5 heteroatoms. The number of carbonyl (C=O) groups is 1. The number of aliphatic hydroxyl groups is 1. The lowest BCUT2D eigenvalue weighted by Crippen LogP contribution is -2.24. The van der Waals surface area contributed by atoms with E-state index in [4.69, 9.17) is 9.47 Å². The molecule has 114 valence electrons. The van der Waals surface area contributed by atoms with Crippen molar-refractivity contribution in [1.82, 2.24) is 0 Å². The fourth-order valence-electron chi connectivity index (χ4n) is 1.27. The van der Waals surface area contributed by atoms with Crippen molar-refractivity contribution in [3.63, 3.8) is 0 Å². The molecule has 4 nitrogen and oxygen atoms in total. The summed E-state index contributed by atoms with van der Waals surface area (Å²) in [5, 5.41) is 10.2. The van der Waals surface area contributed by atoms with E-state index < -0.39 is 22.1 Å². The van der Waals surface area contributed by atoms with Gasteiger partial charge in [0.1, 0.15) is 12.7 Å². The first-order chi connectivity index (χ1) is 8.79. The van der Waals surface area contributed by atoms with Gasteiger partial charge in [0.2, 0.25) is 0 Å². The van der Waals surface area contributed by atoms with Crippen LogP contribution in [0.5, 0.6) is 0 Å². The van der Waals surface area contributed by atoms with Gasteiger partial charge in [0.05, 0.1) is 6.61 Å². The van der Waals surface area contributed by atoms with E-state index in [2.05, 4.69) is 32.9 Å². The Balaban J connectivity index is 3.59. The van der Waals surface area contributed by atoms with Crippen LogP contribution in [0.2, 0.25) is 0 Å². The highest BCUT2D eigenvalue weighted by molar-refractivity contribution is 8.33. The zero-order valence-electron chi connectivity index (χ0n) is 12.6. The molecule has 0 fully saturated rings. The lowest BCUT2D eigenvalue weighted by Gasteiger charge is -2.35. The minimum Gasteiger partial charge on any atom is -0.460 e. The maximum absolute atomic E-state index is 10.8. The Morgan fingerprint density at radius 3 is 2.53 bits per heavy atom. The lowest BCUT2D eigenvalue weighted by molar-refractivity contribution is -0.141. The van der Waals surface area contributed by atoms with Gasteiger partial charge in [-0.2, -0.15) is 0 Å². The molecule has 0 amide bonds. The summed E-state index contributed by atoms with van der Waals surface area (Å²) in [5.41, 5.74) is 0. The van der Waals surface area contributed by atoms with E-state index in [1.54, 1.807) is 0 Å². The normalized spacial score (nSPS) is 14.2. The Kier molecular flexibility index (Phi) is 9.14. The molecule has 0 radical (unpaired) electrons. The molecule has 19 heavy (non-hydrogen) atoms. The van der Waals surface area contributed by atoms with Gasteiger partial charge in [-0.05, 0) is 29.9 Å². The Bertz CT molecular complexity index is 277. The largest absolute Gasteiger partial charge is 0.460 e. The van der Waals surface area contributed by atoms with Crippen LogP contribution in [0, 0.1) is 0 Å². The smallest absolute Gasteiger partial charge is 0.330 e. The molecular formula is C14H28O4S. The van der Waals surface area contributed by atoms with Gasteiger partial charge in [-0.3, -0.25) is 0 Å². The van der Waals surface area contributed by atoms with Crippen molar-refractivity contribution < 1.29 is 19.4 Å². The second kappa shape index (κ2) is 9.39. The molecular weight excluding hydrogens is 264 g/mol. The number of esters is 1. The van der Waals surface area contributed by atoms with Crippen molar-refractivity contribution >= 4 is 16.0 Å². The highest BCUT2D eigenvalue weighted by atomic mass is 32.3. The minimum atomic E-state index is -0.769. The molecule has 0 rings (SSSR count). The molecule has 0 bridgehead atoms. The Morgan fingerprint density at radius 2 is 2.00 bits per heavy atom. The van der Waals surface area contributed by atoms with E-state index in [0.29, 0.717) is 6.61 Å². The van der Waals surface area contributed by atoms with Crippen molar-refractivity contribution in [3.05, 3.63) is 12.7 Å². The van der Waals surface area contributed by atoms with Crippen LogP contribution in [-0.2, 0) is 14.3 Å². The number of hydrogen-bond acceptors (Lipinski definition) is 4. The summed E-state index contributed by atoms with van der Waals surface area (Å²) in [5.74, 6) is 0.646. The van der Waals surface area contributed by atoms with E-state index in [9.17, 15) is 9.90 Å². The van der Waals surface area contributed by atoms with Crippen LogP contribution in [0.1, 0.15) is 20.3 Å². The molecule has 1 atom stereocenters. The van der Waals surface area contributed by atoms with Crippen LogP contribution < -0.4 is 0 Å².